The summed E-state index contributed by atoms with van der Waals surface area (Å²) in [6, 6.07) is 5.40. The van der Waals surface area contributed by atoms with Gasteiger partial charge in [-0.1, -0.05) is 6.92 Å². The molecule has 1 aromatic rings. The monoisotopic (exact) mass is 203 g/mol. The third-order valence-electron chi connectivity index (χ3n) is 2.32. The fraction of sp³-hybridized carbons (Fsp3) is 0.333. The third-order valence-corrected chi connectivity index (χ3v) is 2.32. The van der Waals surface area contributed by atoms with Crippen LogP contribution in [0.3, 0.4) is 0 Å². The van der Waals surface area contributed by atoms with E-state index in [9.17, 15) is 4.79 Å². The predicted octanol–water partition coefficient (Wildman–Crippen LogP) is 2.33. The van der Waals surface area contributed by atoms with E-state index in [1.165, 1.54) is 14.0 Å². The van der Waals surface area contributed by atoms with E-state index in [0.29, 0.717) is 23.3 Å². The number of ether oxygens (including phenoxy) is 1. The van der Waals surface area contributed by atoms with Gasteiger partial charge in [-0.15, -0.1) is 0 Å². The van der Waals surface area contributed by atoms with Gasteiger partial charge in [0.25, 0.3) is 0 Å². The SMILES string of the molecule is CCc1c(C#N)ccc(C(C)=O)c1OC. The Hall–Kier alpha value is -1.82. The lowest BCUT2D eigenvalue weighted by atomic mass is 9.99. The summed E-state index contributed by atoms with van der Waals surface area (Å²) in [7, 11) is 1.52. The zero-order chi connectivity index (χ0) is 11.4. The maximum Gasteiger partial charge on any atom is 0.163 e. The molecule has 0 atom stereocenters. The van der Waals surface area contributed by atoms with Crippen LogP contribution in [0.5, 0.6) is 5.75 Å². The molecule has 0 unspecified atom stereocenters. The lowest BCUT2D eigenvalue weighted by Crippen LogP contribution is -2.02. The standard InChI is InChI=1S/C12H13NO2/c1-4-10-9(7-13)5-6-11(8(2)14)12(10)15-3/h5-6H,4H2,1-3H3. The van der Waals surface area contributed by atoms with E-state index < -0.39 is 0 Å². The van der Waals surface area contributed by atoms with Gasteiger partial charge in [0.15, 0.2) is 5.78 Å². The number of nitriles is 1. The van der Waals surface area contributed by atoms with E-state index in [0.717, 1.165) is 5.56 Å². The number of rotatable bonds is 3. The lowest BCUT2D eigenvalue weighted by molar-refractivity contribution is 0.101. The van der Waals surface area contributed by atoms with Gasteiger partial charge in [-0.05, 0) is 25.5 Å². The van der Waals surface area contributed by atoms with Crippen LogP contribution in [0.25, 0.3) is 0 Å². The van der Waals surface area contributed by atoms with E-state index in [1.54, 1.807) is 12.1 Å². The highest BCUT2D eigenvalue weighted by atomic mass is 16.5. The number of ketones is 1. The number of hydrogen-bond acceptors (Lipinski definition) is 3. The summed E-state index contributed by atoms with van der Waals surface area (Å²) in [6.45, 7) is 3.42. The molecule has 78 valence electrons. The molecule has 0 bridgehead atoms. The maximum absolute atomic E-state index is 11.3. The second-order valence-electron chi connectivity index (χ2n) is 3.19. The number of carbonyl (C=O) groups excluding carboxylic acids is 1. The van der Waals surface area contributed by atoms with Gasteiger partial charge in [0.2, 0.25) is 0 Å². The van der Waals surface area contributed by atoms with Crippen LogP contribution in [-0.2, 0) is 6.42 Å². The first-order valence-corrected chi connectivity index (χ1v) is 4.76. The Kier molecular flexibility index (Phi) is 3.46. The Bertz CT molecular complexity index is 430. The fourth-order valence-corrected chi connectivity index (χ4v) is 1.59. The van der Waals surface area contributed by atoms with Gasteiger partial charge in [-0.2, -0.15) is 5.26 Å². The molecule has 0 aliphatic rings. The van der Waals surface area contributed by atoms with E-state index in [2.05, 4.69) is 6.07 Å². The van der Waals surface area contributed by atoms with E-state index >= 15 is 0 Å². The highest BCUT2D eigenvalue weighted by Crippen LogP contribution is 2.27. The number of hydrogen-bond donors (Lipinski definition) is 0. The number of nitrogens with zero attached hydrogens (tertiary/aromatic N) is 1. The van der Waals surface area contributed by atoms with Gasteiger partial charge in [-0.3, -0.25) is 4.79 Å². The molecule has 0 aliphatic heterocycles. The molecule has 0 heterocycles. The smallest absolute Gasteiger partial charge is 0.163 e. The molecule has 0 spiro atoms. The summed E-state index contributed by atoms with van der Waals surface area (Å²) in [5.41, 5.74) is 1.90. The molecule has 1 aromatic carbocycles. The quantitative estimate of drug-likeness (QED) is 0.708. The fourth-order valence-electron chi connectivity index (χ4n) is 1.59. The van der Waals surface area contributed by atoms with Crippen LogP contribution < -0.4 is 4.74 Å². The molecule has 0 amide bonds. The van der Waals surface area contributed by atoms with Gasteiger partial charge in [0, 0.05) is 5.56 Å². The Morgan fingerprint density at radius 2 is 2.20 bits per heavy atom. The van der Waals surface area contributed by atoms with E-state index in [-0.39, 0.29) is 5.78 Å². The average molecular weight is 203 g/mol. The number of methoxy groups -OCH3 is 1. The van der Waals surface area contributed by atoms with Crippen molar-refractivity contribution in [2.75, 3.05) is 7.11 Å². The second kappa shape index (κ2) is 4.61. The van der Waals surface area contributed by atoms with Crippen molar-refractivity contribution in [1.82, 2.24) is 0 Å². The molecule has 3 heteroatoms. The molecule has 1 rings (SSSR count). The molecule has 0 saturated heterocycles. The van der Waals surface area contributed by atoms with Crippen molar-refractivity contribution in [3.05, 3.63) is 28.8 Å². The van der Waals surface area contributed by atoms with Crippen LogP contribution in [0.2, 0.25) is 0 Å². The lowest BCUT2D eigenvalue weighted by Gasteiger charge is -2.11. The normalized spacial score (nSPS) is 9.47. The first-order chi connectivity index (χ1) is 7.15. The molecule has 0 aromatic heterocycles. The molecular weight excluding hydrogens is 190 g/mol. The van der Waals surface area contributed by atoms with E-state index in [4.69, 9.17) is 10.00 Å². The minimum atomic E-state index is -0.0500. The number of Topliss-reactive ketones (excluding diaryl/α,β-unsaturated/α-hetero) is 1. The zero-order valence-corrected chi connectivity index (χ0v) is 9.13. The summed E-state index contributed by atoms with van der Waals surface area (Å²) in [4.78, 5) is 11.3. The molecule has 3 nitrogen and oxygen atoms in total. The molecule has 0 fully saturated rings. The Labute approximate surface area is 89.3 Å². The van der Waals surface area contributed by atoms with Crippen molar-refractivity contribution in [2.45, 2.75) is 20.3 Å². The van der Waals surface area contributed by atoms with Crippen LogP contribution in [0.1, 0.15) is 35.3 Å². The molecule has 0 aliphatic carbocycles. The maximum atomic E-state index is 11.3. The van der Waals surface area contributed by atoms with Crippen molar-refractivity contribution in [3.8, 4) is 11.8 Å². The first-order valence-electron chi connectivity index (χ1n) is 4.76. The van der Waals surface area contributed by atoms with Crippen LogP contribution in [0.15, 0.2) is 12.1 Å². The van der Waals surface area contributed by atoms with Crippen molar-refractivity contribution >= 4 is 5.78 Å². The summed E-state index contributed by atoms with van der Waals surface area (Å²) in [5, 5.41) is 8.91. The number of carbonyl (C=O) groups is 1. The highest BCUT2D eigenvalue weighted by molar-refractivity contribution is 5.97. The predicted molar refractivity (Wildman–Crippen MR) is 57.1 cm³/mol. The Balaban J connectivity index is 3.49. The molecule has 0 saturated carbocycles. The number of benzene rings is 1. The average Bonchev–Trinajstić information content (AvgIpc) is 2.26. The van der Waals surface area contributed by atoms with Crippen LogP contribution >= 0.6 is 0 Å². The first kappa shape index (κ1) is 11.3. The summed E-state index contributed by atoms with van der Waals surface area (Å²) in [6.07, 6.45) is 0.674. The van der Waals surface area contributed by atoms with Gasteiger partial charge in [0.05, 0.1) is 24.3 Å². The summed E-state index contributed by atoms with van der Waals surface area (Å²) >= 11 is 0. The Morgan fingerprint density at radius 3 is 2.60 bits per heavy atom. The van der Waals surface area contributed by atoms with Crippen LogP contribution in [-0.4, -0.2) is 12.9 Å². The third kappa shape index (κ3) is 1.99. The molecule has 15 heavy (non-hydrogen) atoms. The minimum Gasteiger partial charge on any atom is -0.496 e. The molecular formula is C12H13NO2. The van der Waals surface area contributed by atoms with Crippen LogP contribution in [0.4, 0.5) is 0 Å². The summed E-state index contributed by atoms with van der Waals surface area (Å²) in [5.74, 6) is 0.482. The van der Waals surface area contributed by atoms with Gasteiger partial charge >= 0.3 is 0 Å². The second-order valence-corrected chi connectivity index (χ2v) is 3.19. The van der Waals surface area contributed by atoms with Crippen molar-refractivity contribution in [2.24, 2.45) is 0 Å². The highest BCUT2D eigenvalue weighted by Gasteiger charge is 2.14. The molecule has 0 N–H and O–H groups in total. The van der Waals surface area contributed by atoms with Crippen LogP contribution in [0, 0.1) is 11.3 Å². The topological polar surface area (TPSA) is 50.1 Å². The van der Waals surface area contributed by atoms with Gasteiger partial charge in [0.1, 0.15) is 5.75 Å². The summed E-state index contributed by atoms with van der Waals surface area (Å²) < 4.78 is 5.20. The minimum absolute atomic E-state index is 0.0500. The Morgan fingerprint density at radius 1 is 1.53 bits per heavy atom. The van der Waals surface area contributed by atoms with E-state index in [1.807, 2.05) is 6.92 Å². The largest absolute Gasteiger partial charge is 0.496 e. The van der Waals surface area contributed by atoms with Crippen molar-refractivity contribution in [1.29, 1.82) is 5.26 Å². The van der Waals surface area contributed by atoms with Gasteiger partial charge in [-0.25, -0.2) is 0 Å². The molecule has 0 radical (unpaired) electrons. The van der Waals surface area contributed by atoms with Crippen molar-refractivity contribution < 1.29 is 9.53 Å². The zero-order valence-electron chi connectivity index (χ0n) is 9.13. The van der Waals surface area contributed by atoms with Gasteiger partial charge < -0.3 is 4.74 Å². The van der Waals surface area contributed by atoms with Crippen molar-refractivity contribution in [3.63, 3.8) is 0 Å².